The predicted octanol–water partition coefficient (Wildman–Crippen LogP) is 4.07. The smallest absolute Gasteiger partial charge is 0.205 e. The van der Waals surface area contributed by atoms with Crippen LogP contribution in [0.2, 0.25) is 0 Å². The molecule has 102 valence electrons. The molecule has 20 heavy (non-hydrogen) atoms. The first-order valence-electron chi connectivity index (χ1n) is 6.08. The molecule has 0 aliphatic heterocycles. The number of benzene rings is 2. The average molecular weight is 350 g/mol. The van der Waals surface area contributed by atoms with Crippen LogP contribution in [-0.2, 0) is 6.61 Å². The van der Waals surface area contributed by atoms with Crippen LogP contribution in [0.1, 0.15) is 5.01 Å². The zero-order chi connectivity index (χ0) is 13.9. The molecule has 0 saturated carbocycles. The molecule has 1 heterocycles. The fourth-order valence-corrected chi connectivity index (χ4v) is 3.09. The maximum atomic E-state index is 5.82. The highest BCUT2D eigenvalue weighted by Crippen LogP contribution is 2.33. The molecule has 0 fully saturated rings. The lowest BCUT2D eigenvalue weighted by Gasteiger charge is -2.08. The Balaban J connectivity index is 1.82. The monoisotopic (exact) mass is 349 g/mol. The van der Waals surface area contributed by atoms with E-state index in [0.29, 0.717) is 6.61 Å². The Morgan fingerprint density at radius 2 is 2.05 bits per heavy atom. The van der Waals surface area contributed by atoms with Gasteiger partial charge >= 0.3 is 0 Å². The minimum atomic E-state index is 0.413. The Kier molecular flexibility index (Phi) is 3.84. The van der Waals surface area contributed by atoms with Crippen LogP contribution in [0.15, 0.2) is 40.9 Å². The SMILES string of the molecule is CNc1nnc(COc2ccc3ccccc3c2Br)s1. The maximum absolute atomic E-state index is 5.82. The van der Waals surface area contributed by atoms with Gasteiger partial charge in [-0.25, -0.2) is 0 Å². The third-order valence-corrected chi connectivity index (χ3v) is 4.59. The number of hydrogen-bond acceptors (Lipinski definition) is 5. The summed E-state index contributed by atoms with van der Waals surface area (Å²) in [5.41, 5.74) is 0. The number of nitrogens with zero attached hydrogens (tertiary/aromatic N) is 2. The molecule has 0 atom stereocenters. The number of rotatable bonds is 4. The topological polar surface area (TPSA) is 47.0 Å². The number of halogens is 1. The summed E-state index contributed by atoms with van der Waals surface area (Å²) in [6.07, 6.45) is 0. The standard InChI is InChI=1S/C14H12BrN3OS/c1-16-14-18-17-12(20-14)8-19-11-7-6-9-4-2-3-5-10(9)13(11)15/h2-7H,8H2,1H3,(H,16,18). The molecule has 3 aromatic rings. The normalized spacial score (nSPS) is 10.7. The van der Waals surface area contributed by atoms with E-state index in [0.717, 1.165) is 25.7 Å². The summed E-state index contributed by atoms with van der Waals surface area (Å²) < 4.78 is 6.79. The van der Waals surface area contributed by atoms with Crippen molar-refractivity contribution < 1.29 is 4.74 Å². The molecule has 0 saturated heterocycles. The fourth-order valence-electron chi connectivity index (χ4n) is 1.88. The zero-order valence-corrected chi connectivity index (χ0v) is 13.2. The van der Waals surface area contributed by atoms with E-state index >= 15 is 0 Å². The van der Waals surface area contributed by atoms with Crippen molar-refractivity contribution in [2.45, 2.75) is 6.61 Å². The van der Waals surface area contributed by atoms with Gasteiger partial charge in [0.15, 0.2) is 5.01 Å². The number of fused-ring (bicyclic) bond motifs is 1. The second-order valence-electron chi connectivity index (χ2n) is 4.14. The molecule has 2 aromatic carbocycles. The van der Waals surface area contributed by atoms with Crippen LogP contribution >= 0.6 is 27.3 Å². The molecular formula is C14H12BrN3OS. The molecule has 0 unspecified atom stereocenters. The highest BCUT2D eigenvalue weighted by Gasteiger charge is 2.08. The molecule has 1 N–H and O–H groups in total. The predicted molar refractivity (Wildman–Crippen MR) is 85.4 cm³/mol. The average Bonchev–Trinajstić information content (AvgIpc) is 2.95. The maximum Gasteiger partial charge on any atom is 0.205 e. The van der Waals surface area contributed by atoms with Gasteiger partial charge in [-0.2, -0.15) is 0 Å². The third-order valence-electron chi connectivity index (χ3n) is 2.86. The van der Waals surface area contributed by atoms with Crippen LogP contribution in [0, 0.1) is 0 Å². The lowest BCUT2D eigenvalue weighted by Crippen LogP contribution is -1.95. The van der Waals surface area contributed by atoms with Gasteiger partial charge in [0.25, 0.3) is 0 Å². The number of ether oxygens (including phenoxy) is 1. The van der Waals surface area contributed by atoms with E-state index in [1.165, 1.54) is 16.7 Å². The largest absolute Gasteiger partial charge is 0.485 e. The summed E-state index contributed by atoms with van der Waals surface area (Å²) in [4.78, 5) is 0. The second kappa shape index (κ2) is 5.76. The third kappa shape index (κ3) is 2.62. The van der Waals surface area contributed by atoms with Gasteiger partial charge in [0.05, 0.1) is 4.47 Å². The Labute approximate surface area is 128 Å². The van der Waals surface area contributed by atoms with E-state index in [1.54, 1.807) is 0 Å². The molecule has 0 bridgehead atoms. The van der Waals surface area contributed by atoms with Crippen molar-refractivity contribution >= 4 is 43.2 Å². The van der Waals surface area contributed by atoms with Crippen molar-refractivity contribution in [2.24, 2.45) is 0 Å². The molecule has 1 aromatic heterocycles. The first-order valence-corrected chi connectivity index (χ1v) is 7.69. The fraction of sp³-hybridized carbons (Fsp3) is 0.143. The number of hydrogen-bond donors (Lipinski definition) is 1. The van der Waals surface area contributed by atoms with E-state index in [2.05, 4.69) is 49.6 Å². The summed E-state index contributed by atoms with van der Waals surface area (Å²) in [7, 11) is 1.82. The van der Waals surface area contributed by atoms with Crippen molar-refractivity contribution in [3.05, 3.63) is 45.9 Å². The minimum Gasteiger partial charge on any atom is -0.485 e. The Bertz CT molecular complexity index is 744. The molecular weight excluding hydrogens is 338 g/mol. The van der Waals surface area contributed by atoms with Crippen LogP contribution < -0.4 is 10.1 Å². The van der Waals surface area contributed by atoms with Crippen molar-refractivity contribution in [1.82, 2.24) is 10.2 Å². The van der Waals surface area contributed by atoms with Crippen LogP contribution in [0.4, 0.5) is 5.13 Å². The number of nitrogens with one attached hydrogen (secondary N) is 1. The minimum absolute atomic E-state index is 0.413. The number of anilines is 1. The van der Waals surface area contributed by atoms with Crippen molar-refractivity contribution in [1.29, 1.82) is 0 Å². The van der Waals surface area contributed by atoms with E-state index < -0.39 is 0 Å². The van der Waals surface area contributed by atoms with E-state index in [9.17, 15) is 0 Å². The first-order chi connectivity index (χ1) is 9.78. The van der Waals surface area contributed by atoms with Gasteiger partial charge in [-0.05, 0) is 32.8 Å². The Morgan fingerprint density at radius 1 is 1.20 bits per heavy atom. The zero-order valence-electron chi connectivity index (χ0n) is 10.8. The van der Waals surface area contributed by atoms with Gasteiger partial charge in [0, 0.05) is 7.05 Å². The molecule has 0 amide bonds. The Morgan fingerprint density at radius 3 is 2.85 bits per heavy atom. The molecule has 0 spiro atoms. The van der Waals surface area contributed by atoms with Crippen molar-refractivity contribution in [3.63, 3.8) is 0 Å². The highest BCUT2D eigenvalue weighted by atomic mass is 79.9. The molecule has 4 nitrogen and oxygen atoms in total. The van der Waals surface area contributed by atoms with Crippen molar-refractivity contribution in [2.75, 3.05) is 12.4 Å². The van der Waals surface area contributed by atoms with E-state index in [1.807, 2.05) is 25.2 Å². The lowest BCUT2D eigenvalue weighted by molar-refractivity contribution is 0.303. The van der Waals surface area contributed by atoms with Gasteiger partial charge in [0.2, 0.25) is 5.13 Å². The Hall–Kier alpha value is -1.66. The van der Waals surface area contributed by atoms with E-state index in [-0.39, 0.29) is 0 Å². The van der Waals surface area contributed by atoms with Gasteiger partial charge in [-0.1, -0.05) is 41.7 Å². The van der Waals surface area contributed by atoms with Crippen LogP contribution in [0.5, 0.6) is 5.75 Å². The van der Waals surface area contributed by atoms with Crippen molar-refractivity contribution in [3.8, 4) is 5.75 Å². The lowest BCUT2D eigenvalue weighted by atomic mass is 10.1. The highest BCUT2D eigenvalue weighted by molar-refractivity contribution is 9.10. The summed E-state index contributed by atoms with van der Waals surface area (Å²) in [5.74, 6) is 0.810. The van der Waals surface area contributed by atoms with Crippen LogP contribution in [-0.4, -0.2) is 17.2 Å². The summed E-state index contributed by atoms with van der Waals surface area (Å²) in [6, 6.07) is 12.2. The van der Waals surface area contributed by atoms with Gasteiger partial charge in [-0.15, -0.1) is 10.2 Å². The van der Waals surface area contributed by atoms with Crippen LogP contribution in [0.25, 0.3) is 10.8 Å². The molecule has 6 heteroatoms. The van der Waals surface area contributed by atoms with Gasteiger partial charge in [-0.3, -0.25) is 0 Å². The molecule has 0 aliphatic rings. The molecule has 0 radical (unpaired) electrons. The summed E-state index contributed by atoms with van der Waals surface area (Å²) >= 11 is 5.09. The summed E-state index contributed by atoms with van der Waals surface area (Å²) in [5, 5.41) is 15.0. The first kappa shape index (κ1) is 13.3. The number of aromatic nitrogens is 2. The molecule has 0 aliphatic carbocycles. The quantitative estimate of drug-likeness (QED) is 0.770. The van der Waals surface area contributed by atoms with E-state index in [4.69, 9.17) is 4.74 Å². The summed E-state index contributed by atoms with van der Waals surface area (Å²) in [6.45, 7) is 0.413. The second-order valence-corrected chi connectivity index (χ2v) is 5.99. The van der Waals surface area contributed by atoms with Gasteiger partial charge in [0.1, 0.15) is 12.4 Å². The van der Waals surface area contributed by atoms with Gasteiger partial charge < -0.3 is 10.1 Å². The molecule has 3 rings (SSSR count). The van der Waals surface area contributed by atoms with Crippen LogP contribution in [0.3, 0.4) is 0 Å².